The second kappa shape index (κ2) is 4.37. The summed E-state index contributed by atoms with van der Waals surface area (Å²) in [5, 5.41) is 3.57. The quantitative estimate of drug-likeness (QED) is 0.883. The summed E-state index contributed by atoms with van der Waals surface area (Å²) in [4.78, 5) is 4.55. The Kier molecular flexibility index (Phi) is 2.73. The lowest BCUT2D eigenvalue weighted by atomic mass is 9.49. The normalized spacial score (nSPS) is 38.1. The molecule has 3 nitrogen and oxygen atoms in total. The number of nitrogens with two attached hydrogens (primary N) is 1. The molecule has 5 rings (SSSR count). The number of nitrogens with zero attached hydrogens (tertiary/aromatic N) is 1. The number of rotatable bonds is 3. The predicted octanol–water partition coefficient (Wildman–Crippen LogP) is 3.60. The topological polar surface area (TPSA) is 50.9 Å². The molecule has 1 heterocycles. The highest BCUT2D eigenvalue weighted by Gasteiger charge is 2.50. The number of anilines is 2. The molecule has 1 aromatic heterocycles. The molecule has 4 aliphatic rings. The zero-order chi connectivity index (χ0) is 13.7. The number of hydrogen-bond acceptors (Lipinski definition) is 3. The first kappa shape index (κ1) is 12.5. The van der Waals surface area contributed by atoms with Crippen molar-refractivity contribution in [3.05, 3.63) is 17.8 Å². The third kappa shape index (κ3) is 2.07. The maximum Gasteiger partial charge on any atom is 0.149 e. The molecule has 0 unspecified atom stereocenters. The van der Waals surface area contributed by atoms with E-state index in [4.69, 9.17) is 5.73 Å². The lowest BCUT2D eigenvalue weighted by Crippen LogP contribution is -2.49. The molecule has 1 aromatic rings. The highest BCUT2D eigenvalue weighted by molar-refractivity contribution is 5.61. The second-order valence-electron chi connectivity index (χ2n) is 7.66. The number of nitrogens with one attached hydrogen (secondary N) is 1. The SMILES string of the molecule is Cc1ccc(N)c(NCC23CC4CC(CC(C4)C2)C3)n1. The van der Waals surface area contributed by atoms with Gasteiger partial charge in [0.2, 0.25) is 0 Å². The Morgan fingerprint density at radius 3 is 2.35 bits per heavy atom. The molecule has 0 atom stereocenters. The molecule has 4 fully saturated rings. The predicted molar refractivity (Wildman–Crippen MR) is 82.5 cm³/mol. The number of pyridine rings is 1. The molecule has 0 radical (unpaired) electrons. The fraction of sp³-hybridized carbons (Fsp3) is 0.706. The van der Waals surface area contributed by atoms with Crippen LogP contribution in [0.25, 0.3) is 0 Å². The van der Waals surface area contributed by atoms with Crippen LogP contribution in [-0.2, 0) is 0 Å². The van der Waals surface area contributed by atoms with Crippen molar-refractivity contribution in [2.45, 2.75) is 45.4 Å². The van der Waals surface area contributed by atoms with E-state index in [0.29, 0.717) is 5.41 Å². The van der Waals surface area contributed by atoms with Crippen molar-refractivity contribution in [3.8, 4) is 0 Å². The van der Waals surface area contributed by atoms with E-state index in [2.05, 4.69) is 10.3 Å². The molecule has 3 N–H and O–H groups in total. The van der Waals surface area contributed by atoms with Gasteiger partial charge in [0.1, 0.15) is 5.82 Å². The summed E-state index contributed by atoms with van der Waals surface area (Å²) in [7, 11) is 0. The summed E-state index contributed by atoms with van der Waals surface area (Å²) in [6, 6.07) is 3.94. The standard InChI is InChI=1S/C17H25N3/c1-11-2-3-15(18)16(20-11)19-10-17-7-12-4-13(8-17)6-14(5-12)9-17/h2-3,12-14H,4-10,18H2,1H3,(H,19,20). The van der Waals surface area contributed by atoms with E-state index < -0.39 is 0 Å². The summed E-state index contributed by atoms with van der Waals surface area (Å²) in [5.74, 6) is 3.91. The molecule has 0 amide bonds. The van der Waals surface area contributed by atoms with Crippen LogP contribution >= 0.6 is 0 Å². The summed E-state index contributed by atoms with van der Waals surface area (Å²) in [6.45, 7) is 3.09. The fourth-order valence-electron chi connectivity index (χ4n) is 5.49. The summed E-state index contributed by atoms with van der Waals surface area (Å²) < 4.78 is 0. The minimum Gasteiger partial charge on any atom is -0.396 e. The van der Waals surface area contributed by atoms with Gasteiger partial charge in [0.15, 0.2) is 0 Å². The maximum atomic E-state index is 6.04. The molecule has 4 bridgehead atoms. The number of aromatic nitrogens is 1. The van der Waals surface area contributed by atoms with Crippen LogP contribution in [0, 0.1) is 30.1 Å². The van der Waals surface area contributed by atoms with Crippen molar-refractivity contribution < 1.29 is 0 Å². The van der Waals surface area contributed by atoms with Gasteiger partial charge in [-0.05, 0) is 80.8 Å². The van der Waals surface area contributed by atoms with Crippen molar-refractivity contribution in [2.75, 3.05) is 17.6 Å². The van der Waals surface area contributed by atoms with Gasteiger partial charge in [-0.15, -0.1) is 0 Å². The van der Waals surface area contributed by atoms with Crippen molar-refractivity contribution in [1.82, 2.24) is 4.98 Å². The first-order valence-electron chi connectivity index (χ1n) is 8.09. The van der Waals surface area contributed by atoms with Gasteiger partial charge in [0.05, 0.1) is 5.69 Å². The molecule has 4 saturated carbocycles. The third-order valence-corrected chi connectivity index (χ3v) is 5.86. The Hall–Kier alpha value is -1.25. The highest BCUT2D eigenvalue weighted by Crippen LogP contribution is 2.59. The van der Waals surface area contributed by atoms with Gasteiger partial charge in [-0.1, -0.05) is 0 Å². The maximum absolute atomic E-state index is 6.04. The van der Waals surface area contributed by atoms with Crippen LogP contribution in [0.3, 0.4) is 0 Å². The van der Waals surface area contributed by atoms with E-state index in [9.17, 15) is 0 Å². The van der Waals surface area contributed by atoms with Crippen LogP contribution in [0.4, 0.5) is 11.5 Å². The van der Waals surface area contributed by atoms with E-state index >= 15 is 0 Å². The average molecular weight is 271 g/mol. The Balaban J connectivity index is 1.50. The molecular formula is C17H25N3. The molecule has 0 aliphatic heterocycles. The molecule has 3 heteroatoms. The lowest BCUT2D eigenvalue weighted by Gasteiger charge is -2.57. The van der Waals surface area contributed by atoms with Gasteiger partial charge in [0, 0.05) is 12.2 Å². The first-order chi connectivity index (χ1) is 9.62. The van der Waals surface area contributed by atoms with Crippen LogP contribution in [0.2, 0.25) is 0 Å². The Bertz CT molecular complexity index is 488. The van der Waals surface area contributed by atoms with Crippen LogP contribution in [0.5, 0.6) is 0 Å². The summed E-state index contributed by atoms with van der Waals surface area (Å²) in [6.07, 6.45) is 8.80. The summed E-state index contributed by atoms with van der Waals surface area (Å²) in [5.41, 5.74) is 8.39. The number of hydrogen-bond donors (Lipinski definition) is 2. The number of nitrogen functional groups attached to an aromatic ring is 1. The van der Waals surface area contributed by atoms with Crippen molar-refractivity contribution in [1.29, 1.82) is 0 Å². The highest BCUT2D eigenvalue weighted by atomic mass is 15.0. The van der Waals surface area contributed by atoms with E-state index in [0.717, 1.165) is 41.5 Å². The van der Waals surface area contributed by atoms with Crippen LogP contribution in [-0.4, -0.2) is 11.5 Å². The summed E-state index contributed by atoms with van der Waals surface area (Å²) >= 11 is 0. The second-order valence-corrected chi connectivity index (χ2v) is 7.66. The van der Waals surface area contributed by atoms with Gasteiger partial charge < -0.3 is 11.1 Å². The van der Waals surface area contributed by atoms with Crippen molar-refractivity contribution >= 4 is 11.5 Å². The van der Waals surface area contributed by atoms with Crippen LogP contribution < -0.4 is 11.1 Å². The van der Waals surface area contributed by atoms with Gasteiger partial charge in [0.25, 0.3) is 0 Å². The van der Waals surface area contributed by atoms with Gasteiger partial charge in [-0.3, -0.25) is 0 Å². The lowest BCUT2D eigenvalue weighted by molar-refractivity contribution is -0.0444. The molecule has 0 spiro atoms. The molecular weight excluding hydrogens is 246 g/mol. The van der Waals surface area contributed by atoms with E-state index in [-0.39, 0.29) is 0 Å². The van der Waals surface area contributed by atoms with Crippen LogP contribution in [0.15, 0.2) is 12.1 Å². The van der Waals surface area contributed by atoms with E-state index in [1.54, 1.807) is 0 Å². The zero-order valence-electron chi connectivity index (χ0n) is 12.4. The minimum absolute atomic E-state index is 0.534. The third-order valence-electron chi connectivity index (χ3n) is 5.86. The molecule has 108 valence electrons. The largest absolute Gasteiger partial charge is 0.396 e. The van der Waals surface area contributed by atoms with Gasteiger partial charge >= 0.3 is 0 Å². The van der Waals surface area contributed by atoms with Gasteiger partial charge in [-0.2, -0.15) is 0 Å². The minimum atomic E-state index is 0.534. The van der Waals surface area contributed by atoms with Crippen LogP contribution in [0.1, 0.15) is 44.2 Å². The van der Waals surface area contributed by atoms with Gasteiger partial charge in [-0.25, -0.2) is 4.98 Å². The smallest absolute Gasteiger partial charge is 0.149 e. The van der Waals surface area contributed by atoms with Crippen molar-refractivity contribution in [2.24, 2.45) is 23.2 Å². The Morgan fingerprint density at radius 2 is 1.75 bits per heavy atom. The zero-order valence-corrected chi connectivity index (χ0v) is 12.4. The fourth-order valence-corrected chi connectivity index (χ4v) is 5.49. The molecule has 4 aliphatic carbocycles. The average Bonchev–Trinajstić information content (AvgIpc) is 2.38. The number of aryl methyl sites for hydroxylation is 1. The Morgan fingerprint density at radius 1 is 1.15 bits per heavy atom. The first-order valence-corrected chi connectivity index (χ1v) is 8.09. The molecule has 0 saturated heterocycles. The molecule has 20 heavy (non-hydrogen) atoms. The molecule has 0 aromatic carbocycles. The van der Waals surface area contributed by atoms with E-state index in [1.165, 1.54) is 38.5 Å². The van der Waals surface area contributed by atoms with E-state index in [1.807, 2.05) is 19.1 Å². The van der Waals surface area contributed by atoms with Crippen molar-refractivity contribution in [3.63, 3.8) is 0 Å². The Labute approximate surface area is 121 Å². The monoisotopic (exact) mass is 271 g/mol.